The molecule has 3 aromatic rings. The van der Waals surface area contributed by atoms with Crippen LogP contribution in [0.3, 0.4) is 0 Å². The number of aryl methyl sites for hydroxylation is 1. The summed E-state index contributed by atoms with van der Waals surface area (Å²) in [4.78, 5) is 0. The van der Waals surface area contributed by atoms with Gasteiger partial charge in [-0.05, 0) is 66.0 Å². The van der Waals surface area contributed by atoms with Crippen molar-refractivity contribution in [1.82, 2.24) is 0 Å². The topological polar surface area (TPSA) is 0 Å². The van der Waals surface area contributed by atoms with E-state index in [0.29, 0.717) is 0 Å². The lowest BCUT2D eigenvalue weighted by Gasteiger charge is -2.15. The molecular formula is C23H22. The quantitative estimate of drug-likeness (QED) is 0.516. The third kappa shape index (κ3) is 2.70. The summed E-state index contributed by atoms with van der Waals surface area (Å²) in [6, 6.07) is 24.5. The second kappa shape index (κ2) is 5.70. The molecule has 0 saturated heterocycles. The van der Waals surface area contributed by atoms with Crippen molar-refractivity contribution in [2.75, 3.05) is 0 Å². The van der Waals surface area contributed by atoms with Gasteiger partial charge in [-0.1, -0.05) is 72.3 Å². The molecule has 0 radical (unpaired) electrons. The second-order valence-electron chi connectivity index (χ2n) is 6.71. The second-order valence-corrected chi connectivity index (χ2v) is 6.71. The Balaban J connectivity index is 1.87. The highest BCUT2D eigenvalue weighted by molar-refractivity contribution is 5.80. The van der Waals surface area contributed by atoms with Crippen molar-refractivity contribution in [2.24, 2.45) is 0 Å². The first kappa shape index (κ1) is 14.3. The van der Waals surface area contributed by atoms with Crippen LogP contribution < -0.4 is 0 Å². The summed E-state index contributed by atoms with van der Waals surface area (Å²) in [6.45, 7) is 4.42. The fraction of sp³-hybridized carbons (Fsp3) is 0.217. The van der Waals surface area contributed by atoms with Crippen molar-refractivity contribution in [3.8, 4) is 22.3 Å². The van der Waals surface area contributed by atoms with Gasteiger partial charge in [0, 0.05) is 0 Å². The first-order valence-electron chi connectivity index (χ1n) is 8.50. The highest BCUT2D eigenvalue weighted by Gasteiger charge is 2.26. The monoisotopic (exact) mass is 298 g/mol. The minimum atomic E-state index is 0.772. The maximum absolute atomic E-state index is 2.31. The summed E-state index contributed by atoms with van der Waals surface area (Å²) in [6.07, 6.45) is 2.68. The number of benzene rings is 3. The van der Waals surface area contributed by atoms with E-state index in [9.17, 15) is 0 Å². The van der Waals surface area contributed by atoms with Crippen LogP contribution in [0.15, 0.2) is 66.7 Å². The highest BCUT2D eigenvalue weighted by Crippen LogP contribution is 2.45. The largest absolute Gasteiger partial charge is 0.0619 e. The van der Waals surface area contributed by atoms with E-state index in [0.717, 1.165) is 5.92 Å². The van der Waals surface area contributed by atoms with Crippen LogP contribution in [0.5, 0.6) is 0 Å². The van der Waals surface area contributed by atoms with Crippen LogP contribution in [-0.2, 0) is 0 Å². The lowest BCUT2D eigenvalue weighted by atomic mass is 9.89. The Labute approximate surface area is 138 Å². The summed E-state index contributed by atoms with van der Waals surface area (Å²) < 4.78 is 0. The summed E-state index contributed by atoms with van der Waals surface area (Å²) in [5, 5.41) is 0. The Morgan fingerprint density at radius 1 is 0.696 bits per heavy atom. The summed E-state index contributed by atoms with van der Waals surface area (Å²) in [7, 11) is 0. The minimum absolute atomic E-state index is 0.772. The molecule has 0 heterocycles. The van der Waals surface area contributed by atoms with Crippen LogP contribution >= 0.6 is 0 Å². The van der Waals surface area contributed by atoms with Gasteiger partial charge in [-0.15, -0.1) is 0 Å². The van der Waals surface area contributed by atoms with E-state index in [1.807, 2.05) is 0 Å². The van der Waals surface area contributed by atoms with Gasteiger partial charge in [-0.2, -0.15) is 0 Å². The van der Waals surface area contributed by atoms with Crippen LogP contribution in [0, 0.1) is 13.8 Å². The van der Waals surface area contributed by atoms with Crippen molar-refractivity contribution < 1.29 is 0 Å². The van der Waals surface area contributed by atoms with Gasteiger partial charge in [-0.25, -0.2) is 0 Å². The zero-order valence-corrected chi connectivity index (χ0v) is 13.8. The van der Waals surface area contributed by atoms with Crippen LogP contribution in [0.25, 0.3) is 22.3 Å². The van der Waals surface area contributed by atoms with Crippen molar-refractivity contribution in [2.45, 2.75) is 32.6 Å². The molecule has 0 unspecified atom stereocenters. The summed E-state index contributed by atoms with van der Waals surface area (Å²) >= 11 is 0. The molecule has 1 saturated carbocycles. The lowest BCUT2D eigenvalue weighted by molar-refractivity contribution is 1.13. The smallest absolute Gasteiger partial charge is 0.0146 e. The first-order valence-corrected chi connectivity index (χ1v) is 8.50. The Bertz CT molecular complexity index is 853. The van der Waals surface area contributed by atoms with Crippen molar-refractivity contribution >= 4 is 0 Å². The molecule has 0 N–H and O–H groups in total. The van der Waals surface area contributed by atoms with Gasteiger partial charge < -0.3 is 0 Å². The summed E-state index contributed by atoms with van der Waals surface area (Å²) in [5.74, 6) is 0.772. The lowest BCUT2D eigenvalue weighted by Crippen LogP contribution is -1.92. The Kier molecular flexibility index (Phi) is 3.53. The van der Waals surface area contributed by atoms with Crippen LogP contribution in [0.2, 0.25) is 0 Å². The molecule has 1 fully saturated rings. The number of hydrogen-bond acceptors (Lipinski definition) is 0. The van der Waals surface area contributed by atoms with E-state index in [2.05, 4.69) is 80.6 Å². The first-order chi connectivity index (χ1) is 11.2. The van der Waals surface area contributed by atoms with E-state index in [4.69, 9.17) is 0 Å². The van der Waals surface area contributed by atoms with Crippen LogP contribution in [-0.4, -0.2) is 0 Å². The molecule has 4 rings (SSSR count). The van der Waals surface area contributed by atoms with Crippen molar-refractivity contribution in [3.05, 3.63) is 83.4 Å². The zero-order chi connectivity index (χ0) is 15.8. The molecule has 3 aromatic carbocycles. The van der Waals surface area contributed by atoms with Gasteiger partial charge >= 0.3 is 0 Å². The molecule has 0 amide bonds. The van der Waals surface area contributed by atoms with Crippen molar-refractivity contribution in [3.63, 3.8) is 0 Å². The molecule has 0 nitrogen and oxygen atoms in total. The third-order valence-corrected chi connectivity index (χ3v) is 4.93. The van der Waals surface area contributed by atoms with E-state index in [1.54, 1.807) is 0 Å². The summed E-state index contributed by atoms with van der Waals surface area (Å²) in [5.41, 5.74) is 9.67. The standard InChI is InChI=1S/C23H22/c1-16-7-5-8-19(15-16)20-11-6-12-21(17(20)2)23-10-4-3-9-22(23)18-13-14-18/h3-12,15,18H,13-14H2,1-2H3. The van der Waals surface area contributed by atoms with Crippen LogP contribution in [0.1, 0.15) is 35.4 Å². The molecule has 0 spiro atoms. The predicted octanol–water partition coefficient (Wildman–Crippen LogP) is 6.51. The van der Waals surface area contributed by atoms with E-state index >= 15 is 0 Å². The third-order valence-electron chi connectivity index (χ3n) is 4.93. The van der Waals surface area contributed by atoms with E-state index in [1.165, 1.54) is 51.8 Å². The molecule has 114 valence electrons. The molecule has 0 aromatic heterocycles. The zero-order valence-electron chi connectivity index (χ0n) is 13.8. The van der Waals surface area contributed by atoms with Gasteiger partial charge in [0.25, 0.3) is 0 Å². The van der Waals surface area contributed by atoms with E-state index in [-0.39, 0.29) is 0 Å². The van der Waals surface area contributed by atoms with Gasteiger partial charge in [0.15, 0.2) is 0 Å². The van der Waals surface area contributed by atoms with Crippen LogP contribution in [0.4, 0.5) is 0 Å². The normalized spacial score (nSPS) is 14.0. The Hall–Kier alpha value is -2.34. The maximum Gasteiger partial charge on any atom is -0.0146 e. The van der Waals surface area contributed by atoms with Gasteiger partial charge in [0.05, 0.1) is 0 Å². The SMILES string of the molecule is Cc1cccc(-c2cccc(-c3ccccc3C3CC3)c2C)c1. The molecule has 1 aliphatic carbocycles. The Morgan fingerprint density at radius 2 is 1.39 bits per heavy atom. The fourth-order valence-corrected chi connectivity index (χ4v) is 3.55. The molecule has 1 aliphatic rings. The number of hydrogen-bond donors (Lipinski definition) is 0. The molecule has 23 heavy (non-hydrogen) atoms. The maximum atomic E-state index is 2.31. The predicted molar refractivity (Wildman–Crippen MR) is 98.8 cm³/mol. The van der Waals surface area contributed by atoms with Gasteiger partial charge in [0.1, 0.15) is 0 Å². The molecular weight excluding hydrogens is 276 g/mol. The Morgan fingerprint density at radius 3 is 2.17 bits per heavy atom. The fourth-order valence-electron chi connectivity index (χ4n) is 3.55. The van der Waals surface area contributed by atoms with Gasteiger partial charge in [0.2, 0.25) is 0 Å². The van der Waals surface area contributed by atoms with Crippen molar-refractivity contribution in [1.29, 1.82) is 0 Å². The number of rotatable bonds is 3. The molecule has 0 bridgehead atoms. The average molecular weight is 298 g/mol. The minimum Gasteiger partial charge on any atom is -0.0619 e. The molecule has 0 aliphatic heterocycles. The molecule has 0 atom stereocenters. The average Bonchev–Trinajstić information content (AvgIpc) is 3.40. The van der Waals surface area contributed by atoms with E-state index < -0.39 is 0 Å². The highest BCUT2D eigenvalue weighted by atomic mass is 14.3. The van der Waals surface area contributed by atoms with Gasteiger partial charge in [-0.3, -0.25) is 0 Å². The molecule has 0 heteroatoms.